The standard InChI is InChI=1S/C6H8N4O4/c1-3-5(10(12)13)4(7)6(14-2)8-9(3)11/h7,11H,1-2H3. The molecule has 0 saturated heterocycles. The first-order valence-electron chi connectivity index (χ1n) is 3.55. The number of rotatable bonds is 2. The van der Waals surface area contributed by atoms with E-state index >= 15 is 0 Å². The van der Waals surface area contributed by atoms with Crippen LogP contribution in [0.2, 0.25) is 0 Å². The number of hydrogen-bond acceptors (Lipinski definition) is 6. The first-order valence-corrected chi connectivity index (χ1v) is 3.55. The lowest BCUT2D eigenvalue weighted by Crippen LogP contribution is -2.20. The van der Waals surface area contributed by atoms with Gasteiger partial charge in [-0.15, -0.1) is 0 Å². The van der Waals surface area contributed by atoms with Crippen molar-refractivity contribution in [3.05, 3.63) is 21.2 Å². The van der Waals surface area contributed by atoms with Gasteiger partial charge in [0.25, 0.3) is 5.88 Å². The van der Waals surface area contributed by atoms with Gasteiger partial charge in [-0.2, -0.15) is 0 Å². The van der Waals surface area contributed by atoms with Gasteiger partial charge in [0.2, 0.25) is 0 Å². The summed E-state index contributed by atoms with van der Waals surface area (Å²) < 4.78 is 4.59. The Bertz CT molecular complexity index is 438. The van der Waals surface area contributed by atoms with Gasteiger partial charge >= 0.3 is 5.69 Å². The van der Waals surface area contributed by atoms with Gasteiger partial charge in [0, 0.05) is 0 Å². The fourth-order valence-electron chi connectivity index (χ4n) is 0.954. The highest BCUT2D eigenvalue weighted by Gasteiger charge is 2.21. The first-order chi connectivity index (χ1) is 6.49. The summed E-state index contributed by atoms with van der Waals surface area (Å²) in [6.45, 7) is 1.28. The Balaban J connectivity index is 3.62. The van der Waals surface area contributed by atoms with E-state index in [4.69, 9.17) is 10.6 Å². The molecule has 0 aliphatic heterocycles. The molecule has 8 heteroatoms. The summed E-state index contributed by atoms with van der Waals surface area (Å²) in [6.07, 6.45) is 0. The highest BCUT2D eigenvalue weighted by atomic mass is 16.6. The first kappa shape index (κ1) is 9.96. The zero-order chi connectivity index (χ0) is 10.9. The minimum Gasteiger partial charge on any atom is -0.478 e. The molecular formula is C6H8N4O4. The molecule has 8 nitrogen and oxygen atoms in total. The molecule has 76 valence electrons. The number of nitro groups is 1. The molecule has 0 fully saturated rings. The number of nitrogens with one attached hydrogen (secondary N) is 1. The maximum atomic E-state index is 10.5. The van der Waals surface area contributed by atoms with Crippen molar-refractivity contribution >= 4 is 5.69 Å². The Hall–Kier alpha value is -2.12. The molecule has 0 unspecified atom stereocenters. The Morgan fingerprint density at radius 3 is 2.71 bits per heavy atom. The molecule has 2 N–H and O–H groups in total. The molecule has 1 aromatic heterocycles. The van der Waals surface area contributed by atoms with Crippen LogP contribution in [0.1, 0.15) is 5.69 Å². The van der Waals surface area contributed by atoms with Gasteiger partial charge in [-0.1, -0.05) is 9.94 Å². The van der Waals surface area contributed by atoms with Crippen LogP contribution in [0, 0.1) is 22.4 Å². The average molecular weight is 200 g/mol. The van der Waals surface area contributed by atoms with E-state index in [1.54, 1.807) is 0 Å². The minimum absolute atomic E-state index is 0.124. The highest BCUT2D eigenvalue weighted by molar-refractivity contribution is 5.35. The van der Waals surface area contributed by atoms with Crippen molar-refractivity contribution in [2.24, 2.45) is 0 Å². The van der Waals surface area contributed by atoms with Gasteiger partial charge in [-0.3, -0.25) is 15.5 Å². The Kier molecular flexibility index (Phi) is 2.36. The zero-order valence-electron chi connectivity index (χ0n) is 7.51. The van der Waals surface area contributed by atoms with E-state index < -0.39 is 16.0 Å². The molecule has 0 bridgehead atoms. The smallest absolute Gasteiger partial charge is 0.324 e. The van der Waals surface area contributed by atoms with Crippen LogP contribution < -0.4 is 10.1 Å². The van der Waals surface area contributed by atoms with Gasteiger partial charge in [0.15, 0.2) is 11.1 Å². The fourth-order valence-corrected chi connectivity index (χ4v) is 0.954. The Morgan fingerprint density at radius 2 is 2.29 bits per heavy atom. The largest absolute Gasteiger partial charge is 0.478 e. The summed E-state index contributed by atoms with van der Waals surface area (Å²) in [7, 11) is 1.21. The van der Waals surface area contributed by atoms with Crippen molar-refractivity contribution in [2.45, 2.75) is 6.92 Å². The third-order valence-electron chi connectivity index (χ3n) is 1.65. The Labute approximate surface area is 78.0 Å². The topological polar surface area (TPSA) is 114 Å². The SMILES string of the molecule is COc1nn(O)c(C)c([N+](=O)[O-])c1=N. The van der Waals surface area contributed by atoms with Crippen LogP contribution in [0.15, 0.2) is 0 Å². The molecular weight excluding hydrogens is 192 g/mol. The molecule has 0 atom stereocenters. The maximum absolute atomic E-state index is 10.5. The number of nitrogens with zero attached hydrogens (tertiary/aromatic N) is 3. The van der Waals surface area contributed by atoms with E-state index in [0.29, 0.717) is 4.85 Å². The van der Waals surface area contributed by atoms with Crippen molar-refractivity contribution in [2.75, 3.05) is 7.11 Å². The van der Waals surface area contributed by atoms with Crippen LogP contribution in [-0.4, -0.2) is 27.2 Å². The molecule has 1 rings (SSSR count). The summed E-state index contributed by atoms with van der Waals surface area (Å²) in [4.78, 5) is 10.1. The summed E-state index contributed by atoms with van der Waals surface area (Å²) >= 11 is 0. The summed E-state index contributed by atoms with van der Waals surface area (Å²) in [5, 5.41) is 30.0. The van der Waals surface area contributed by atoms with E-state index in [1.807, 2.05) is 0 Å². The molecule has 14 heavy (non-hydrogen) atoms. The summed E-state index contributed by atoms with van der Waals surface area (Å²) in [6, 6.07) is 0. The minimum atomic E-state index is -0.769. The molecule has 0 spiro atoms. The van der Waals surface area contributed by atoms with E-state index in [2.05, 4.69) is 9.84 Å². The van der Waals surface area contributed by atoms with Crippen molar-refractivity contribution in [1.29, 1.82) is 5.41 Å². The molecule has 1 heterocycles. The van der Waals surface area contributed by atoms with E-state index in [-0.39, 0.29) is 11.6 Å². The fraction of sp³-hybridized carbons (Fsp3) is 0.333. The maximum Gasteiger partial charge on any atom is 0.324 e. The summed E-state index contributed by atoms with van der Waals surface area (Å²) in [5.74, 6) is -0.301. The average Bonchev–Trinajstić information content (AvgIpc) is 2.11. The molecule has 1 aromatic rings. The number of ether oxygens (including phenoxy) is 1. The number of aromatic nitrogens is 2. The van der Waals surface area contributed by atoms with Crippen molar-refractivity contribution in [3.8, 4) is 5.88 Å². The lowest BCUT2D eigenvalue weighted by Gasteiger charge is -2.04. The van der Waals surface area contributed by atoms with Gasteiger partial charge in [-0.05, 0) is 6.92 Å². The lowest BCUT2D eigenvalue weighted by molar-refractivity contribution is -0.388. The van der Waals surface area contributed by atoms with Crippen LogP contribution in [0.25, 0.3) is 0 Å². The second-order valence-corrected chi connectivity index (χ2v) is 2.46. The van der Waals surface area contributed by atoms with Gasteiger partial charge in [-0.25, -0.2) is 0 Å². The third kappa shape index (κ3) is 1.37. The van der Waals surface area contributed by atoms with E-state index in [9.17, 15) is 10.1 Å². The number of hydrogen-bond donors (Lipinski definition) is 2. The monoisotopic (exact) mass is 200 g/mol. The lowest BCUT2D eigenvalue weighted by atomic mass is 10.3. The van der Waals surface area contributed by atoms with Crippen molar-refractivity contribution < 1.29 is 14.9 Å². The van der Waals surface area contributed by atoms with Crippen LogP contribution in [0.4, 0.5) is 5.69 Å². The predicted molar refractivity (Wildman–Crippen MR) is 43.2 cm³/mol. The van der Waals surface area contributed by atoms with Gasteiger partial charge in [0.1, 0.15) is 0 Å². The normalized spacial score (nSPS) is 9.86. The third-order valence-corrected chi connectivity index (χ3v) is 1.65. The Morgan fingerprint density at radius 1 is 1.71 bits per heavy atom. The molecule has 0 radical (unpaired) electrons. The molecule has 0 aliphatic carbocycles. The van der Waals surface area contributed by atoms with Gasteiger partial charge < -0.3 is 9.94 Å². The van der Waals surface area contributed by atoms with Crippen molar-refractivity contribution in [1.82, 2.24) is 9.94 Å². The van der Waals surface area contributed by atoms with Gasteiger partial charge in [0.05, 0.1) is 12.0 Å². The molecule has 0 amide bonds. The molecule has 0 saturated carbocycles. The predicted octanol–water partition coefficient (Wildman–Crippen LogP) is -0.175. The zero-order valence-corrected chi connectivity index (χ0v) is 7.51. The van der Waals surface area contributed by atoms with Crippen LogP contribution in [-0.2, 0) is 0 Å². The van der Waals surface area contributed by atoms with Crippen LogP contribution >= 0.6 is 0 Å². The molecule has 0 aromatic carbocycles. The molecule has 0 aliphatic rings. The van der Waals surface area contributed by atoms with Crippen LogP contribution in [0.3, 0.4) is 0 Å². The summed E-state index contributed by atoms with van der Waals surface area (Å²) in [5.41, 5.74) is -0.653. The second kappa shape index (κ2) is 3.32. The second-order valence-electron chi connectivity index (χ2n) is 2.46. The van der Waals surface area contributed by atoms with E-state index in [0.717, 1.165) is 0 Å². The van der Waals surface area contributed by atoms with Crippen LogP contribution in [0.5, 0.6) is 5.88 Å². The number of methoxy groups -OCH3 is 1. The van der Waals surface area contributed by atoms with E-state index in [1.165, 1.54) is 14.0 Å². The highest BCUT2D eigenvalue weighted by Crippen LogP contribution is 2.12. The van der Waals surface area contributed by atoms with Crippen molar-refractivity contribution in [3.63, 3.8) is 0 Å². The quantitative estimate of drug-likeness (QED) is 0.390.